The number of hydrogen-bond acceptors (Lipinski definition) is 1. The van der Waals surface area contributed by atoms with Crippen LogP contribution in [-0.2, 0) is 4.79 Å². The molecule has 2 heteroatoms. The minimum absolute atomic E-state index is 0.332. The zero-order valence-electron chi connectivity index (χ0n) is 8.18. The van der Waals surface area contributed by atoms with Gasteiger partial charge in [0.2, 0.25) is 0 Å². The van der Waals surface area contributed by atoms with Crippen molar-refractivity contribution in [3.63, 3.8) is 0 Å². The molecule has 1 unspecified atom stereocenters. The first-order chi connectivity index (χ1) is 5.66. The lowest BCUT2D eigenvalue weighted by Crippen LogP contribution is -1.97. The minimum Gasteiger partial charge on any atom is -0.481 e. The topological polar surface area (TPSA) is 37.3 Å². The highest BCUT2D eigenvalue weighted by Crippen LogP contribution is 2.14. The molecule has 0 aromatic rings. The van der Waals surface area contributed by atoms with Crippen molar-refractivity contribution in [2.45, 2.75) is 52.4 Å². The summed E-state index contributed by atoms with van der Waals surface area (Å²) >= 11 is 0. The smallest absolute Gasteiger partial charge is 0.303 e. The van der Waals surface area contributed by atoms with E-state index in [0.717, 1.165) is 18.8 Å². The molecule has 0 spiro atoms. The molecule has 0 bridgehead atoms. The van der Waals surface area contributed by atoms with Crippen LogP contribution in [0.5, 0.6) is 0 Å². The Morgan fingerprint density at radius 2 is 2.00 bits per heavy atom. The largest absolute Gasteiger partial charge is 0.481 e. The van der Waals surface area contributed by atoms with Crippen molar-refractivity contribution in [3.05, 3.63) is 0 Å². The van der Waals surface area contributed by atoms with E-state index in [1.807, 2.05) is 0 Å². The van der Waals surface area contributed by atoms with E-state index in [4.69, 9.17) is 5.11 Å². The quantitative estimate of drug-likeness (QED) is 0.599. The molecule has 0 aromatic carbocycles. The number of carboxylic acids is 1. The number of aliphatic carboxylic acids is 1. The maximum atomic E-state index is 10.2. The van der Waals surface area contributed by atoms with Gasteiger partial charge in [-0.15, -0.1) is 0 Å². The van der Waals surface area contributed by atoms with Crippen molar-refractivity contribution in [1.82, 2.24) is 0 Å². The first-order valence-corrected chi connectivity index (χ1v) is 4.88. The fourth-order valence-corrected chi connectivity index (χ4v) is 1.41. The molecular weight excluding hydrogens is 152 g/mol. The molecule has 12 heavy (non-hydrogen) atoms. The molecule has 0 rings (SSSR count). The van der Waals surface area contributed by atoms with E-state index in [0.29, 0.717) is 6.42 Å². The second kappa shape index (κ2) is 7.14. The van der Waals surface area contributed by atoms with Crippen LogP contribution >= 0.6 is 0 Å². The van der Waals surface area contributed by atoms with Gasteiger partial charge in [0, 0.05) is 6.42 Å². The summed E-state index contributed by atoms with van der Waals surface area (Å²) < 4.78 is 0. The molecule has 0 radical (unpaired) electrons. The van der Waals surface area contributed by atoms with Crippen LogP contribution in [0.1, 0.15) is 52.4 Å². The van der Waals surface area contributed by atoms with Gasteiger partial charge in [-0.3, -0.25) is 4.79 Å². The molecule has 1 N–H and O–H groups in total. The van der Waals surface area contributed by atoms with E-state index in [1.165, 1.54) is 19.3 Å². The average Bonchev–Trinajstić information content (AvgIpc) is 1.98. The summed E-state index contributed by atoms with van der Waals surface area (Å²) in [5.41, 5.74) is 0. The normalized spacial score (nSPS) is 12.8. The van der Waals surface area contributed by atoms with Gasteiger partial charge in [0.1, 0.15) is 0 Å². The Morgan fingerprint density at radius 3 is 2.50 bits per heavy atom. The van der Waals surface area contributed by atoms with Gasteiger partial charge in [0.25, 0.3) is 0 Å². The van der Waals surface area contributed by atoms with Crippen molar-refractivity contribution in [2.24, 2.45) is 5.92 Å². The predicted octanol–water partition coefficient (Wildman–Crippen LogP) is 3.07. The first-order valence-electron chi connectivity index (χ1n) is 4.88. The zero-order chi connectivity index (χ0) is 9.40. The van der Waals surface area contributed by atoms with Gasteiger partial charge in [-0.25, -0.2) is 0 Å². The Kier molecular flexibility index (Phi) is 6.82. The average molecular weight is 172 g/mol. The standard InChI is InChI=1S/C10H20O2/c1-3-6-9(2)7-4-5-8-10(11)12/h9H,3-8H2,1-2H3,(H,11,12). The second-order valence-corrected chi connectivity index (χ2v) is 3.53. The van der Waals surface area contributed by atoms with E-state index < -0.39 is 5.97 Å². The summed E-state index contributed by atoms with van der Waals surface area (Å²) in [5, 5.41) is 8.38. The minimum atomic E-state index is -0.668. The molecule has 0 saturated carbocycles. The van der Waals surface area contributed by atoms with Gasteiger partial charge in [-0.1, -0.05) is 39.5 Å². The van der Waals surface area contributed by atoms with Gasteiger partial charge in [0.05, 0.1) is 0 Å². The fourth-order valence-electron chi connectivity index (χ4n) is 1.41. The molecule has 1 atom stereocenters. The Labute approximate surface area is 75.0 Å². The summed E-state index contributed by atoms with van der Waals surface area (Å²) in [4.78, 5) is 10.2. The SMILES string of the molecule is CCCC(C)CCCCC(=O)O. The van der Waals surface area contributed by atoms with Crippen LogP contribution in [0.2, 0.25) is 0 Å². The Morgan fingerprint density at radius 1 is 1.33 bits per heavy atom. The third kappa shape index (κ3) is 7.58. The van der Waals surface area contributed by atoms with Gasteiger partial charge >= 0.3 is 5.97 Å². The molecule has 0 fully saturated rings. The van der Waals surface area contributed by atoms with Crippen molar-refractivity contribution in [1.29, 1.82) is 0 Å². The lowest BCUT2D eigenvalue weighted by Gasteiger charge is -2.08. The first kappa shape index (κ1) is 11.5. The van der Waals surface area contributed by atoms with E-state index in [2.05, 4.69) is 13.8 Å². The van der Waals surface area contributed by atoms with Crippen LogP contribution in [0.3, 0.4) is 0 Å². The molecular formula is C10H20O2. The summed E-state index contributed by atoms with van der Waals surface area (Å²) in [6, 6.07) is 0. The van der Waals surface area contributed by atoms with Crippen LogP contribution < -0.4 is 0 Å². The fraction of sp³-hybridized carbons (Fsp3) is 0.900. The van der Waals surface area contributed by atoms with Crippen molar-refractivity contribution < 1.29 is 9.90 Å². The number of carbonyl (C=O) groups is 1. The van der Waals surface area contributed by atoms with Gasteiger partial charge in [-0.05, 0) is 12.3 Å². The van der Waals surface area contributed by atoms with Gasteiger partial charge in [0.15, 0.2) is 0 Å². The maximum Gasteiger partial charge on any atom is 0.303 e. The van der Waals surface area contributed by atoms with Crippen LogP contribution in [0.15, 0.2) is 0 Å². The van der Waals surface area contributed by atoms with Crippen LogP contribution in [-0.4, -0.2) is 11.1 Å². The zero-order valence-corrected chi connectivity index (χ0v) is 8.18. The third-order valence-corrected chi connectivity index (χ3v) is 2.12. The van der Waals surface area contributed by atoms with E-state index in [1.54, 1.807) is 0 Å². The summed E-state index contributed by atoms with van der Waals surface area (Å²) in [5.74, 6) is 0.0990. The monoisotopic (exact) mass is 172 g/mol. The van der Waals surface area contributed by atoms with Gasteiger partial charge < -0.3 is 5.11 Å². The van der Waals surface area contributed by atoms with Crippen molar-refractivity contribution >= 4 is 5.97 Å². The van der Waals surface area contributed by atoms with E-state index in [9.17, 15) is 4.79 Å². The lowest BCUT2D eigenvalue weighted by atomic mass is 9.99. The Balaban J connectivity index is 3.13. The van der Waals surface area contributed by atoms with E-state index in [-0.39, 0.29) is 0 Å². The molecule has 0 heterocycles. The molecule has 2 nitrogen and oxygen atoms in total. The van der Waals surface area contributed by atoms with Crippen molar-refractivity contribution in [2.75, 3.05) is 0 Å². The highest BCUT2D eigenvalue weighted by atomic mass is 16.4. The highest BCUT2D eigenvalue weighted by molar-refractivity contribution is 5.66. The number of unbranched alkanes of at least 4 members (excludes halogenated alkanes) is 1. The Bertz CT molecular complexity index is 121. The molecule has 0 amide bonds. The van der Waals surface area contributed by atoms with Crippen molar-refractivity contribution in [3.8, 4) is 0 Å². The van der Waals surface area contributed by atoms with E-state index >= 15 is 0 Å². The lowest BCUT2D eigenvalue weighted by molar-refractivity contribution is -0.137. The number of hydrogen-bond donors (Lipinski definition) is 1. The molecule has 0 aliphatic rings. The van der Waals surface area contributed by atoms with Crippen LogP contribution in [0.25, 0.3) is 0 Å². The number of carboxylic acid groups (broad SMARTS) is 1. The molecule has 0 aromatic heterocycles. The Hall–Kier alpha value is -0.530. The number of rotatable bonds is 7. The molecule has 0 aliphatic carbocycles. The highest BCUT2D eigenvalue weighted by Gasteiger charge is 2.01. The predicted molar refractivity (Wildman–Crippen MR) is 50.2 cm³/mol. The summed E-state index contributed by atoms with van der Waals surface area (Å²) in [6.45, 7) is 4.43. The van der Waals surface area contributed by atoms with Gasteiger partial charge in [-0.2, -0.15) is 0 Å². The molecule has 72 valence electrons. The third-order valence-electron chi connectivity index (χ3n) is 2.12. The summed E-state index contributed by atoms with van der Waals surface area (Å²) in [7, 11) is 0. The second-order valence-electron chi connectivity index (χ2n) is 3.53. The summed E-state index contributed by atoms with van der Waals surface area (Å²) in [6.07, 6.45) is 5.92. The molecule has 0 saturated heterocycles. The van der Waals surface area contributed by atoms with Crippen LogP contribution in [0, 0.1) is 5.92 Å². The van der Waals surface area contributed by atoms with Crippen LogP contribution in [0.4, 0.5) is 0 Å². The molecule has 0 aliphatic heterocycles. The maximum absolute atomic E-state index is 10.2.